The van der Waals surface area contributed by atoms with E-state index in [1.54, 1.807) is 30.2 Å². The summed E-state index contributed by atoms with van der Waals surface area (Å²) in [6.07, 6.45) is -0.415. The predicted molar refractivity (Wildman–Crippen MR) is 78.0 cm³/mol. The highest BCUT2D eigenvalue weighted by molar-refractivity contribution is 9.10. The second-order valence-corrected chi connectivity index (χ2v) is 5.66. The third-order valence-electron chi connectivity index (χ3n) is 3.22. The lowest BCUT2D eigenvalue weighted by molar-refractivity contribution is -0.0858. The van der Waals surface area contributed by atoms with E-state index in [0.717, 1.165) is 4.47 Å². The van der Waals surface area contributed by atoms with E-state index >= 15 is 0 Å². The fourth-order valence-electron chi connectivity index (χ4n) is 2.28. The summed E-state index contributed by atoms with van der Waals surface area (Å²) in [6, 6.07) is 5.29. The smallest absolute Gasteiger partial charge is 0.255 e. The molecule has 2 rings (SSSR count). The van der Waals surface area contributed by atoms with Crippen LogP contribution >= 0.6 is 15.9 Å². The molecule has 110 valence electrons. The molecule has 1 fully saturated rings. The predicted octanol–water partition coefficient (Wildman–Crippen LogP) is 1.68. The standard InChI is InChI=1S/C14H18BrNO4/c1-9-6-16(7-11(8-17)20-9)14(18)12-5-10(19-2)3-4-13(12)15/h3-5,9,11,17H,6-8H2,1-2H3. The van der Waals surface area contributed by atoms with Crippen molar-refractivity contribution < 1.29 is 19.4 Å². The number of amides is 1. The fraction of sp³-hybridized carbons (Fsp3) is 0.500. The number of carbonyl (C=O) groups excluding carboxylic acids is 1. The van der Waals surface area contributed by atoms with Gasteiger partial charge in [-0.2, -0.15) is 0 Å². The van der Waals surface area contributed by atoms with Gasteiger partial charge in [-0.1, -0.05) is 0 Å². The van der Waals surface area contributed by atoms with Crippen molar-refractivity contribution in [3.63, 3.8) is 0 Å². The van der Waals surface area contributed by atoms with E-state index in [1.165, 1.54) is 0 Å². The second-order valence-electron chi connectivity index (χ2n) is 4.81. The molecule has 1 saturated heterocycles. The monoisotopic (exact) mass is 343 g/mol. The molecule has 1 aliphatic heterocycles. The van der Waals surface area contributed by atoms with Crippen LogP contribution in [0.4, 0.5) is 0 Å². The van der Waals surface area contributed by atoms with Gasteiger partial charge in [0.05, 0.1) is 31.5 Å². The van der Waals surface area contributed by atoms with Crippen LogP contribution in [-0.2, 0) is 4.74 Å². The normalized spacial score (nSPS) is 22.7. The highest BCUT2D eigenvalue weighted by Gasteiger charge is 2.29. The van der Waals surface area contributed by atoms with E-state index in [9.17, 15) is 9.90 Å². The lowest BCUT2D eigenvalue weighted by Gasteiger charge is -2.36. The van der Waals surface area contributed by atoms with Crippen molar-refractivity contribution in [3.8, 4) is 5.75 Å². The molecule has 1 heterocycles. The van der Waals surface area contributed by atoms with Gasteiger partial charge < -0.3 is 19.5 Å². The maximum atomic E-state index is 12.6. The Hall–Kier alpha value is -1.11. The summed E-state index contributed by atoms with van der Waals surface area (Å²) in [7, 11) is 1.57. The van der Waals surface area contributed by atoms with Crippen LogP contribution in [0.2, 0.25) is 0 Å². The highest BCUT2D eigenvalue weighted by Crippen LogP contribution is 2.25. The van der Waals surface area contributed by atoms with E-state index < -0.39 is 0 Å². The first-order valence-electron chi connectivity index (χ1n) is 6.44. The van der Waals surface area contributed by atoms with Crippen LogP contribution in [0, 0.1) is 0 Å². The van der Waals surface area contributed by atoms with Crippen molar-refractivity contribution in [2.24, 2.45) is 0 Å². The Balaban J connectivity index is 2.22. The number of hydrogen-bond donors (Lipinski definition) is 1. The number of aliphatic hydroxyl groups excluding tert-OH is 1. The molecule has 6 heteroatoms. The van der Waals surface area contributed by atoms with E-state index in [-0.39, 0.29) is 24.7 Å². The van der Waals surface area contributed by atoms with Crippen LogP contribution in [0.15, 0.2) is 22.7 Å². The molecule has 0 bridgehead atoms. The Morgan fingerprint density at radius 1 is 1.55 bits per heavy atom. The average molecular weight is 344 g/mol. The first-order chi connectivity index (χ1) is 9.55. The molecule has 5 nitrogen and oxygen atoms in total. The van der Waals surface area contributed by atoms with E-state index in [1.807, 2.05) is 6.92 Å². The molecule has 1 aliphatic rings. The van der Waals surface area contributed by atoms with Crippen LogP contribution in [-0.4, -0.2) is 54.9 Å². The zero-order valence-corrected chi connectivity index (χ0v) is 13.1. The molecule has 0 spiro atoms. The Morgan fingerprint density at radius 2 is 2.30 bits per heavy atom. The molecule has 2 atom stereocenters. The molecule has 0 radical (unpaired) electrons. The Morgan fingerprint density at radius 3 is 2.95 bits per heavy atom. The first-order valence-corrected chi connectivity index (χ1v) is 7.23. The van der Waals surface area contributed by atoms with Gasteiger partial charge in [-0.25, -0.2) is 0 Å². The molecule has 1 aromatic carbocycles. The van der Waals surface area contributed by atoms with Crippen LogP contribution < -0.4 is 4.74 Å². The number of methoxy groups -OCH3 is 1. The van der Waals surface area contributed by atoms with E-state index in [4.69, 9.17) is 9.47 Å². The average Bonchev–Trinajstić information content (AvgIpc) is 2.46. The Labute approximate surface area is 126 Å². The van der Waals surface area contributed by atoms with Crippen molar-refractivity contribution in [1.29, 1.82) is 0 Å². The quantitative estimate of drug-likeness (QED) is 0.907. The van der Waals surface area contributed by atoms with E-state index in [2.05, 4.69) is 15.9 Å². The topological polar surface area (TPSA) is 59.0 Å². The molecule has 0 aromatic heterocycles. The van der Waals surface area contributed by atoms with Gasteiger partial charge in [0.1, 0.15) is 5.75 Å². The number of carbonyl (C=O) groups is 1. The van der Waals surface area contributed by atoms with Crippen molar-refractivity contribution in [2.45, 2.75) is 19.1 Å². The number of benzene rings is 1. The summed E-state index contributed by atoms with van der Waals surface area (Å²) >= 11 is 3.39. The van der Waals surface area contributed by atoms with Crippen LogP contribution in [0.5, 0.6) is 5.75 Å². The largest absolute Gasteiger partial charge is 0.497 e. The third kappa shape index (κ3) is 3.31. The minimum Gasteiger partial charge on any atom is -0.497 e. The van der Waals surface area contributed by atoms with Gasteiger partial charge in [0, 0.05) is 17.6 Å². The highest BCUT2D eigenvalue weighted by atomic mass is 79.9. The molecular weight excluding hydrogens is 326 g/mol. The van der Waals surface area contributed by atoms with Crippen molar-refractivity contribution in [1.82, 2.24) is 4.90 Å². The maximum Gasteiger partial charge on any atom is 0.255 e. The van der Waals surface area contributed by atoms with Crippen LogP contribution in [0.25, 0.3) is 0 Å². The number of rotatable bonds is 3. The van der Waals surface area contributed by atoms with Crippen LogP contribution in [0.3, 0.4) is 0 Å². The lowest BCUT2D eigenvalue weighted by atomic mass is 10.1. The third-order valence-corrected chi connectivity index (χ3v) is 3.91. The Kier molecular flexibility index (Phi) is 5.01. The number of hydrogen-bond acceptors (Lipinski definition) is 4. The van der Waals surface area contributed by atoms with Gasteiger partial charge >= 0.3 is 0 Å². The van der Waals surface area contributed by atoms with Gasteiger partial charge in [0.15, 0.2) is 0 Å². The molecule has 1 amide bonds. The number of morpholine rings is 1. The zero-order valence-electron chi connectivity index (χ0n) is 11.5. The zero-order chi connectivity index (χ0) is 14.7. The van der Waals surface area contributed by atoms with Gasteiger partial charge in [-0.15, -0.1) is 0 Å². The summed E-state index contributed by atoms with van der Waals surface area (Å²) in [4.78, 5) is 14.3. The maximum absolute atomic E-state index is 12.6. The molecule has 1 aromatic rings. The minimum absolute atomic E-state index is 0.0887. The van der Waals surface area contributed by atoms with Crippen molar-refractivity contribution >= 4 is 21.8 Å². The molecule has 2 unspecified atom stereocenters. The number of aliphatic hydroxyl groups is 1. The van der Waals surface area contributed by atoms with Crippen molar-refractivity contribution in [2.75, 3.05) is 26.8 Å². The van der Waals surface area contributed by atoms with Crippen molar-refractivity contribution in [3.05, 3.63) is 28.2 Å². The summed E-state index contributed by atoms with van der Waals surface area (Å²) < 4.78 is 11.4. The van der Waals surface area contributed by atoms with Gasteiger partial charge in [0.25, 0.3) is 5.91 Å². The fourth-order valence-corrected chi connectivity index (χ4v) is 2.69. The molecule has 1 N–H and O–H groups in total. The summed E-state index contributed by atoms with van der Waals surface area (Å²) in [5, 5.41) is 9.22. The second kappa shape index (κ2) is 6.56. The van der Waals surface area contributed by atoms with Gasteiger partial charge in [0.2, 0.25) is 0 Å². The van der Waals surface area contributed by atoms with Gasteiger partial charge in [-0.3, -0.25) is 4.79 Å². The number of ether oxygens (including phenoxy) is 2. The molecule has 20 heavy (non-hydrogen) atoms. The molecule has 0 aliphatic carbocycles. The van der Waals surface area contributed by atoms with Gasteiger partial charge in [-0.05, 0) is 41.1 Å². The summed E-state index contributed by atoms with van der Waals surface area (Å²) in [5.41, 5.74) is 0.551. The lowest BCUT2D eigenvalue weighted by Crippen LogP contribution is -2.50. The molecular formula is C14H18BrNO4. The number of nitrogens with zero attached hydrogens (tertiary/aromatic N) is 1. The summed E-state index contributed by atoms with van der Waals surface area (Å²) in [6.45, 7) is 2.71. The van der Waals surface area contributed by atoms with Crippen LogP contribution in [0.1, 0.15) is 17.3 Å². The Bertz CT molecular complexity index is 494. The summed E-state index contributed by atoms with van der Waals surface area (Å²) in [5.74, 6) is 0.543. The SMILES string of the molecule is COc1ccc(Br)c(C(=O)N2CC(C)OC(CO)C2)c1. The number of halogens is 1. The first kappa shape index (κ1) is 15.3. The molecule has 0 saturated carbocycles. The van der Waals surface area contributed by atoms with E-state index in [0.29, 0.717) is 24.4 Å². The minimum atomic E-state index is -0.327.